The molecule has 21 heavy (non-hydrogen) atoms. The van der Waals surface area contributed by atoms with Gasteiger partial charge in [-0.1, -0.05) is 17.2 Å². The van der Waals surface area contributed by atoms with Crippen LogP contribution in [-0.4, -0.2) is 37.6 Å². The van der Waals surface area contributed by atoms with Gasteiger partial charge in [-0.15, -0.1) is 0 Å². The van der Waals surface area contributed by atoms with E-state index in [1.807, 2.05) is 0 Å². The van der Waals surface area contributed by atoms with E-state index in [-0.39, 0.29) is 17.0 Å². The summed E-state index contributed by atoms with van der Waals surface area (Å²) < 4.78 is 1.22. The maximum absolute atomic E-state index is 12.0. The van der Waals surface area contributed by atoms with Crippen molar-refractivity contribution >= 4 is 17.8 Å². The molecule has 0 atom stereocenters. The Balaban J connectivity index is 1.87. The molecule has 1 aliphatic heterocycles. The van der Waals surface area contributed by atoms with Crippen LogP contribution < -0.4 is 0 Å². The van der Waals surface area contributed by atoms with Gasteiger partial charge in [0.1, 0.15) is 5.82 Å². The van der Waals surface area contributed by atoms with Crippen LogP contribution in [0.2, 0.25) is 0 Å². The highest BCUT2D eigenvalue weighted by Crippen LogP contribution is 2.23. The van der Waals surface area contributed by atoms with Gasteiger partial charge >= 0.3 is 5.97 Å². The molecule has 8 heteroatoms. The molecule has 1 aromatic carbocycles. The van der Waals surface area contributed by atoms with Crippen LogP contribution in [0.1, 0.15) is 37.2 Å². The van der Waals surface area contributed by atoms with Gasteiger partial charge in [0.15, 0.2) is 0 Å². The minimum atomic E-state index is -0.924. The summed E-state index contributed by atoms with van der Waals surface area (Å²) in [7, 11) is 1.51. The Morgan fingerprint density at radius 3 is 2.19 bits per heavy atom. The van der Waals surface area contributed by atoms with E-state index >= 15 is 0 Å². The molecule has 3 rings (SSSR count). The number of rotatable bonds is 2. The van der Waals surface area contributed by atoms with E-state index < -0.39 is 17.8 Å². The maximum Gasteiger partial charge on any atom is 0.400 e. The van der Waals surface area contributed by atoms with Gasteiger partial charge < -0.3 is 4.84 Å². The number of aryl methyl sites for hydroxylation is 2. The molecule has 0 aliphatic carbocycles. The van der Waals surface area contributed by atoms with Crippen LogP contribution in [0.4, 0.5) is 0 Å². The van der Waals surface area contributed by atoms with Crippen LogP contribution in [-0.2, 0) is 11.9 Å². The Kier molecular flexibility index (Phi) is 2.79. The fourth-order valence-electron chi connectivity index (χ4n) is 2.06. The number of hydrogen-bond acceptors (Lipinski definition) is 6. The standard InChI is InChI=1S/C13H10N4O4/c1-7-14-10(16(2)15-7)13(20)21-17-11(18)8-5-3-4-6-9(8)12(17)19/h3-6H,1-2H3. The van der Waals surface area contributed by atoms with Gasteiger partial charge in [0, 0.05) is 7.05 Å². The first-order chi connectivity index (χ1) is 9.99. The topological polar surface area (TPSA) is 94.4 Å². The zero-order valence-electron chi connectivity index (χ0n) is 11.2. The first-order valence-corrected chi connectivity index (χ1v) is 6.07. The van der Waals surface area contributed by atoms with Gasteiger partial charge in [0.25, 0.3) is 11.8 Å². The number of imide groups is 1. The molecule has 8 nitrogen and oxygen atoms in total. The van der Waals surface area contributed by atoms with Crippen molar-refractivity contribution in [1.29, 1.82) is 0 Å². The van der Waals surface area contributed by atoms with Gasteiger partial charge in [-0.05, 0) is 19.1 Å². The average Bonchev–Trinajstić information content (AvgIpc) is 2.92. The summed E-state index contributed by atoms with van der Waals surface area (Å²) in [4.78, 5) is 44.8. The fourth-order valence-corrected chi connectivity index (χ4v) is 2.06. The molecular formula is C13H10N4O4. The van der Waals surface area contributed by atoms with Gasteiger partial charge in [-0.25, -0.2) is 14.5 Å². The molecule has 0 saturated heterocycles. The Labute approximate surface area is 118 Å². The number of hydrogen-bond donors (Lipinski definition) is 0. The second-order valence-electron chi connectivity index (χ2n) is 4.44. The summed E-state index contributed by atoms with van der Waals surface area (Å²) in [5, 5.41) is 4.34. The summed E-state index contributed by atoms with van der Waals surface area (Å²) in [5.41, 5.74) is 0.397. The second-order valence-corrected chi connectivity index (χ2v) is 4.44. The molecule has 0 bridgehead atoms. The monoisotopic (exact) mass is 286 g/mol. The van der Waals surface area contributed by atoms with E-state index in [1.165, 1.54) is 23.9 Å². The van der Waals surface area contributed by atoms with Crippen molar-refractivity contribution in [3.8, 4) is 0 Å². The van der Waals surface area contributed by atoms with E-state index in [2.05, 4.69) is 10.1 Å². The van der Waals surface area contributed by atoms with Gasteiger partial charge in [0.2, 0.25) is 5.82 Å². The van der Waals surface area contributed by atoms with Crippen molar-refractivity contribution in [2.24, 2.45) is 7.05 Å². The maximum atomic E-state index is 12.0. The third kappa shape index (κ3) is 1.97. The number of nitrogens with zero attached hydrogens (tertiary/aromatic N) is 4. The lowest BCUT2D eigenvalue weighted by atomic mass is 10.1. The van der Waals surface area contributed by atoms with Crippen LogP contribution in [0, 0.1) is 6.92 Å². The number of amides is 2. The minimum Gasteiger partial charge on any atom is -0.321 e. The molecule has 0 saturated carbocycles. The smallest absolute Gasteiger partial charge is 0.321 e. The Morgan fingerprint density at radius 1 is 1.14 bits per heavy atom. The number of fused-ring (bicyclic) bond motifs is 1. The average molecular weight is 286 g/mol. The summed E-state index contributed by atoms with van der Waals surface area (Å²) >= 11 is 0. The molecule has 106 valence electrons. The van der Waals surface area contributed by atoms with Crippen molar-refractivity contribution < 1.29 is 19.2 Å². The van der Waals surface area contributed by atoms with E-state index in [0.717, 1.165) is 0 Å². The quantitative estimate of drug-likeness (QED) is 0.746. The molecule has 1 aliphatic rings. The molecule has 0 fully saturated rings. The molecule has 0 radical (unpaired) electrons. The molecule has 2 amide bonds. The summed E-state index contributed by atoms with van der Waals surface area (Å²) in [6, 6.07) is 6.24. The van der Waals surface area contributed by atoms with Crippen molar-refractivity contribution in [3.63, 3.8) is 0 Å². The fraction of sp³-hybridized carbons (Fsp3) is 0.154. The second kappa shape index (κ2) is 4.51. The lowest BCUT2D eigenvalue weighted by Gasteiger charge is -2.11. The highest BCUT2D eigenvalue weighted by Gasteiger charge is 2.39. The molecule has 0 unspecified atom stereocenters. The van der Waals surface area contributed by atoms with Crippen LogP contribution >= 0.6 is 0 Å². The van der Waals surface area contributed by atoms with E-state index in [1.54, 1.807) is 19.1 Å². The molecule has 0 N–H and O–H groups in total. The number of carbonyl (C=O) groups is 3. The van der Waals surface area contributed by atoms with Crippen LogP contribution in [0.15, 0.2) is 24.3 Å². The largest absolute Gasteiger partial charge is 0.400 e. The number of carbonyl (C=O) groups excluding carboxylic acids is 3. The zero-order valence-corrected chi connectivity index (χ0v) is 11.2. The molecule has 2 aromatic rings. The summed E-state index contributed by atoms with van der Waals surface area (Å²) in [5.74, 6) is -1.99. The van der Waals surface area contributed by atoms with Crippen molar-refractivity contribution in [2.45, 2.75) is 6.92 Å². The SMILES string of the molecule is Cc1nc(C(=O)ON2C(=O)c3ccccc3C2=O)n(C)n1. The van der Waals surface area contributed by atoms with E-state index in [9.17, 15) is 14.4 Å². The lowest BCUT2D eigenvalue weighted by Crippen LogP contribution is -2.33. The first-order valence-electron chi connectivity index (χ1n) is 6.07. The molecule has 2 heterocycles. The Morgan fingerprint density at radius 2 is 1.71 bits per heavy atom. The van der Waals surface area contributed by atoms with Crippen molar-refractivity contribution in [3.05, 3.63) is 47.0 Å². The van der Waals surface area contributed by atoms with Crippen molar-refractivity contribution in [1.82, 2.24) is 19.8 Å². The Hall–Kier alpha value is -3.03. The van der Waals surface area contributed by atoms with Crippen LogP contribution in [0.25, 0.3) is 0 Å². The summed E-state index contributed by atoms with van der Waals surface area (Å²) in [6.45, 7) is 1.61. The predicted octanol–water partition coefficient (Wildman–Crippen LogP) is 0.492. The van der Waals surface area contributed by atoms with E-state index in [0.29, 0.717) is 10.9 Å². The third-order valence-corrected chi connectivity index (χ3v) is 2.98. The van der Waals surface area contributed by atoms with Crippen molar-refractivity contribution in [2.75, 3.05) is 0 Å². The van der Waals surface area contributed by atoms with Crippen LogP contribution in [0.3, 0.4) is 0 Å². The first kappa shape index (κ1) is 13.0. The Bertz CT molecular complexity index is 745. The summed E-state index contributed by atoms with van der Waals surface area (Å²) in [6.07, 6.45) is 0. The van der Waals surface area contributed by atoms with Gasteiger partial charge in [-0.2, -0.15) is 5.10 Å². The lowest BCUT2D eigenvalue weighted by molar-refractivity contribution is -0.0595. The number of hydroxylamine groups is 2. The normalized spacial score (nSPS) is 13.5. The molecule has 0 spiro atoms. The highest BCUT2D eigenvalue weighted by atomic mass is 16.7. The number of benzene rings is 1. The zero-order chi connectivity index (χ0) is 15.1. The molecular weight excluding hydrogens is 276 g/mol. The van der Waals surface area contributed by atoms with Gasteiger partial charge in [0.05, 0.1) is 11.1 Å². The van der Waals surface area contributed by atoms with E-state index in [4.69, 9.17) is 4.84 Å². The van der Waals surface area contributed by atoms with Gasteiger partial charge in [-0.3, -0.25) is 9.59 Å². The minimum absolute atomic E-state index is 0.0935. The highest BCUT2D eigenvalue weighted by molar-refractivity contribution is 6.21. The van der Waals surface area contributed by atoms with Crippen LogP contribution in [0.5, 0.6) is 0 Å². The molecule has 1 aromatic heterocycles. The number of aromatic nitrogens is 3. The third-order valence-electron chi connectivity index (χ3n) is 2.98. The predicted molar refractivity (Wildman–Crippen MR) is 68.1 cm³/mol.